The lowest BCUT2D eigenvalue weighted by molar-refractivity contribution is -0.153. The van der Waals surface area contributed by atoms with Crippen LogP contribution in [0.5, 0.6) is 5.75 Å². The van der Waals surface area contributed by atoms with E-state index in [0.717, 1.165) is 16.8 Å². The molecule has 3 rings (SSSR count). The van der Waals surface area contributed by atoms with Crippen molar-refractivity contribution in [2.24, 2.45) is 5.10 Å². The lowest BCUT2D eigenvalue weighted by Gasteiger charge is -2.14. The Morgan fingerprint density at radius 3 is 2.39 bits per heavy atom. The molecule has 1 heterocycles. The third-order valence-corrected chi connectivity index (χ3v) is 3.58. The molecule has 6 heteroatoms. The molecule has 1 aliphatic rings. The van der Waals surface area contributed by atoms with Gasteiger partial charge in [0.15, 0.2) is 6.61 Å². The number of alkyl halides is 3. The number of hydrogen-bond acceptors (Lipinski definition) is 3. The SMILES string of the molecule is FC(F)(F)COc1ccc(C2CNN=C2c2ccccc2)cc1. The van der Waals surface area contributed by atoms with Crippen LogP contribution < -0.4 is 10.2 Å². The van der Waals surface area contributed by atoms with Crippen LogP contribution in [0, 0.1) is 0 Å². The summed E-state index contributed by atoms with van der Waals surface area (Å²) in [6, 6.07) is 16.5. The fraction of sp³-hybridized carbons (Fsp3) is 0.235. The maximum Gasteiger partial charge on any atom is 0.422 e. The van der Waals surface area contributed by atoms with E-state index in [1.165, 1.54) is 0 Å². The summed E-state index contributed by atoms with van der Waals surface area (Å²) in [5.41, 5.74) is 5.92. The van der Waals surface area contributed by atoms with Gasteiger partial charge in [0, 0.05) is 12.5 Å². The van der Waals surface area contributed by atoms with Crippen molar-refractivity contribution in [1.29, 1.82) is 0 Å². The number of benzene rings is 2. The van der Waals surface area contributed by atoms with E-state index in [0.29, 0.717) is 6.54 Å². The molecule has 0 amide bonds. The van der Waals surface area contributed by atoms with Gasteiger partial charge in [0.1, 0.15) is 5.75 Å². The van der Waals surface area contributed by atoms with Crippen LogP contribution in [0.25, 0.3) is 0 Å². The van der Waals surface area contributed by atoms with Crippen LogP contribution in [0.1, 0.15) is 17.0 Å². The lowest BCUT2D eigenvalue weighted by atomic mass is 9.91. The van der Waals surface area contributed by atoms with Gasteiger partial charge in [-0.05, 0) is 23.3 Å². The molecular formula is C17H15F3N2O. The number of rotatable bonds is 4. The highest BCUT2D eigenvalue weighted by molar-refractivity contribution is 6.06. The molecule has 1 aliphatic heterocycles. The molecular weight excluding hydrogens is 305 g/mol. The predicted octanol–water partition coefficient (Wildman–Crippen LogP) is 3.72. The number of hydrazone groups is 1. The molecule has 1 unspecified atom stereocenters. The van der Waals surface area contributed by atoms with Crippen LogP contribution in [0.4, 0.5) is 13.2 Å². The van der Waals surface area contributed by atoms with Crippen LogP contribution >= 0.6 is 0 Å². The minimum absolute atomic E-state index is 0.0640. The van der Waals surface area contributed by atoms with Gasteiger partial charge in [0.2, 0.25) is 0 Å². The molecule has 0 aliphatic carbocycles. The topological polar surface area (TPSA) is 33.6 Å². The molecule has 3 nitrogen and oxygen atoms in total. The molecule has 0 saturated carbocycles. The Labute approximate surface area is 131 Å². The summed E-state index contributed by atoms with van der Waals surface area (Å²) >= 11 is 0. The number of ether oxygens (including phenoxy) is 1. The second kappa shape index (κ2) is 6.32. The van der Waals surface area contributed by atoms with Crippen LogP contribution in [-0.2, 0) is 0 Å². The van der Waals surface area contributed by atoms with Gasteiger partial charge in [-0.1, -0.05) is 42.5 Å². The van der Waals surface area contributed by atoms with Gasteiger partial charge in [-0.2, -0.15) is 18.3 Å². The fourth-order valence-electron chi connectivity index (χ4n) is 2.51. The predicted molar refractivity (Wildman–Crippen MR) is 81.7 cm³/mol. The quantitative estimate of drug-likeness (QED) is 0.931. The highest BCUT2D eigenvalue weighted by atomic mass is 19.4. The molecule has 1 atom stereocenters. The second-order valence-corrected chi connectivity index (χ2v) is 5.25. The number of nitrogens with one attached hydrogen (secondary N) is 1. The molecule has 120 valence electrons. The van der Waals surface area contributed by atoms with E-state index < -0.39 is 12.8 Å². The maximum absolute atomic E-state index is 12.2. The number of nitrogens with zero attached hydrogens (tertiary/aromatic N) is 1. The van der Waals surface area contributed by atoms with Crippen molar-refractivity contribution >= 4 is 5.71 Å². The van der Waals surface area contributed by atoms with Crippen molar-refractivity contribution < 1.29 is 17.9 Å². The first kappa shape index (κ1) is 15.4. The molecule has 0 fully saturated rings. The highest BCUT2D eigenvalue weighted by Gasteiger charge is 2.28. The zero-order chi connectivity index (χ0) is 16.3. The summed E-state index contributed by atoms with van der Waals surface area (Å²) in [4.78, 5) is 0. The van der Waals surface area contributed by atoms with Gasteiger partial charge in [0.05, 0.1) is 5.71 Å². The van der Waals surface area contributed by atoms with E-state index >= 15 is 0 Å². The fourth-order valence-corrected chi connectivity index (χ4v) is 2.51. The Bertz CT molecular complexity index is 681. The Kier molecular flexibility index (Phi) is 4.23. The number of hydrogen-bond donors (Lipinski definition) is 1. The summed E-state index contributed by atoms with van der Waals surface area (Å²) in [5, 5.41) is 4.34. The summed E-state index contributed by atoms with van der Waals surface area (Å²) in [7, 11) is 0. The van der Waals surface area contributed by atoms with E-state index in [-0.39, 0.29) is 11.7 Å². The summed E-state index contributed by atoms with van der Waals surface area (Å²) < 4.78 is 41.2. The van der Waals surface area contributed by atoms with Crippen LogP contribution in [0.3, 0.4) is 0 Å². The molecule has 0 bridgehead atoms. The standard InChI is InChI=1S/C17H15F3N2O/c18-17(19,20)11-23-14-8-6-12(7-9-14)15-10-21-22-16(15)13-4-2-1-3-5-13/h1-9,15,21H,10-11H2. The van der Waals surface area contributed by atoms with Gasteiger partial charge in [-0.3, -0.25) is 0 Å². The third kappa shape index (κ3) is 3.83. The zero-order valence-electron chi connectivity index (χ0n) is 12.2. The second-order valence-electron chi connectivity index (χ2n) is 5.25. The van der Waals surface area contributed by atoms with Crippen molar-refractivity contribution in [3.63, 3.8) is 0 Å². The monoisotopic (exact) mass is 320 g/mol. The third-order valence-electron chi connectivity index (χ3n) is 3.58. The first-order valence-corrected chi connectivity index (χ1v) is 7.18. The molecule has 1 N–H and O–H groups in total. The Morgan fingerprint density at radius 1 is 1.04 bits per heavy atom. The lowest BCUT2D eigenvalue weighted by Crippen LogP contribution is -2.19. The molecule has 0 saturated heterocycles. The van der Waals surface area contributed by atoms with Crippen molar-refractivity contribution in [3.05, 3.63) is 65.7 Å². The molecule has 2 aromatic rings. The van der Waals surface area contributed by atoms with Crippen molar-refractivity contribution in [2.45, 2.75) is 12.1 Å². The van der Waals surface area contributed by atoms with Crippen molar-refractivity contribution in [2.75, 3.05) is 13.2 Å². The minimum Gasteiger partial charge on any atom is -0.484 e. The minimum atomic E-state index is -4.33. The van der Waals surface area contributed by atoms with E-state index in [4.69, 9.17) is 4.74 Å². The van der Waals surface area contributed by atoms with Crippen molar-refractivity contribution in [3.8, 4) is 5.75 Å². The van der Waals surface area contributed by atoms with E-state index in [2.05, 4.69) is 10.5 Å². The van der Waals surface area contributed by atoms with Gasteiger partial charge >= 0.3 is 6.18 Å². The molecule has 2 aromatic carbocycles. The van der Waals surface area contributed by atoms with Gasteiger partial charge < -0.3 is 10.2 Å². The van der Waals surface area contributed by atoms with Gasteiger partial charge in [-0.15, -0.1) is 0 Å². The van der Waals surface area contributed by atoms with Gasteiger partial charge in [0.25, 0.3) is 0 Å². The summed E-state index contributed by atoms with van der Waals surface area (Å²) in [6.45, 7) is -0.624. The molecule has 23 heavy (non-hydrogen) atoms. The molecule has 0 radical (unpaired) electrons. The zero-order valence-corrected chi connectivity index (χ0v) is 12.2. The van der Waals surface area contributed by atoms with Crippen LogP contribution in [0.15, 0.2) is 59.7 Å². The molecule has 0 spiro atoms. The average molecular weight is 320 g/mol. The van der Waals surface area contributed by atoms with Crippen LogP contribution in [-0.4, -0.2) is 25.0 Å². The van der Waals surface area contributed by atoms with Crippen LogP contribution in [0.2, 0.25) is 0 Å². The smallest absolute Gasteiger partial charge is 0.422 e. The maximum atomic E-state index is 12.2. The van der Waals surface area contributed by atoms with Crippen molar-refractivity contribution in [1.82, 2.24) is 5.43 Å². The Balaban J connectivity index is 1.73. The van der Waals surface area contributed by atoms with E-state index in [1.807, 2.05) is 30.3 Å². The summed E-state index contributed by atoms with van der Waals surface area (Å²) in [6.07, 6.45) is -4.33. The summed E-state index contributed by atoms with van der Waals surface area (Å²) in [5.74, 6) is 0.268. The first-order valence-electron chi connectivity index (χ1n) is 7.18. The Hall–Kier alpha value is -2.50. The Morgan fingerprint density at radius 2 is 1.74 bits per heavy atom. The largest absolute Gasteiger partial charge is 0.484 e. The average Bonchev–Trinajstić information content (AvgIpc) is 3.03. The normalized spacial score (nSPS) is 17.5. The highest BCUT2D eigenvalue weighted by Crippen LogP contribution is 2.27. The number of halogens is 3. The van der Waals surface area contributed by atoms with Gasteiger partial charge in [-0.25, -0.2) is 0 Å². The van der Waals surface area contributed by atoms with E-state index in [1.54, 1.807) is 24.3 Å². The first-order chi connectivity index (χ1) is 11.0. The molecule has 0 aromatic heterocycles. The van der Waals surface area contributed by atoms with E-state index in [9.17, 15) is 13.2 Å².